The lowest BCUT2D eigenvalue weighted by molar-refractivity contribution is 0.0998. The first-order valence-electron chi connectivity index (χ1n) is 12.0. The lowest BCUT2D eigenvalue weighted by Crippen LogP contribution is -2.17. The second kappa shape index (κ2) is 10.4. The van der Waals surface area contributed by atoms with Gasteiger partial charge in [-0.1, -0.05) is 96.1 Å². The van der Waals surface area contributed by atoms with Crippen molar-refractivity contribution in [1.29, 1.82) is 0 Å². The van der Waals surface area contributed by atoms with Crippen LogP contribution in [-0.4, -0.2) is 11.7 Å². The Morgan fingerprint density at radius 2 is 1.16 bits per heavy atom. The van der Waals surface area contributed by atoms with Crippen LogP contribution < -0.4 is 10.6 Å². The van der Waals surface area contributed by atoms with Crippen molar-refractivity contribution in [3.05, 3.63) is 137 Å². The molecular weight excluding hydrogens is 460 g/mol. The van der Waals surface area contributed by atoms with Crippen LogP contribution in [0.25, 0.3) is 11.3 Å². The van der Waals surface area contributed by atoms with E-state index in [1.807, 2.05) is 98.8 Å². The van der Waals surface area contributed by atoms with Crippen LogP contribution in [0.2, 0.25) is 0 Å². The quantitative estimate of drug-likeness (QED) is 0.230. The molecule has 0 saturated heterocycles. The molecule has 1 heterocycles. The van der Waals surface area contributed by atoms with Crippen LogP contribution in [-0.2, 0) is 0 Å². The maximum Gasteiger partial charge on any atom is 0.260 e. The van der Waals surface area contributed by atoms with E-state index in [1.165, 1.54) is 0 Å². The molecule has 0 fully saturated rings. The van der Waals surface area contributed by atoms with Gasteiger partial charge in [-0.15, -0.1) is 0 Å². The summed E-state index contributed by atoms with van der Waals surface area (Å²) in [6, 6.07) is 33.5. The summed E-state index contributed by atoms with van der Waals surface area (Å²) in [6.45, 7) is 3.98. The molecule has 5 rings (SSSR count). The summed E-state index contributed by atoms with van der Waals surface area (Å²) in [5.74, 6) is -0.206. The lowest BCUT2D eigenvalue weighted by Gasteiger charge is -2.09. The Kier molecular flexibility index (Phi) is 6.68. The predicted octanol–water partition coefficient (Wildman–Crippen LogP) is 7.79. The number of benzene rings is 4. The number of nitrogens with one attached hydrogen (secondary N) is 2. The first-order chi connectivity index (χ1) is 18.0. The third-order valence-electron chi connectivity index (χ3n) is 6.05. The standard InChI is InChI=1S/C32H26N2O3/c1-21-13-17-25(18-14-21)33-31(36)28-27(29(35)23-9-5-3-6-10-23)32(34-26-19-15-22(2)16-20-26)37-30(28)24-11-7-4-8-12-24/h3-20,34H,1-2H3,(H,33,36). The third kappa shape index (κ3) is 5.21. The summed E-state index contributed by atoms with van der Waals surface area (Å²) in [7, 11) is 0. The van der Waals surface area contributed by atoms with E-state index in [2.05, 4.69) is 10.6 Å². The van der Waals surface area contributed by atoms with Crippen molar-refractivity contribution in [2.75, 3.05) is 10.6 Å². The minimum Gasteiger partial charge on any atom is -0.439 e. The topological polar surface area (TPSA) is 71.3 Å². The van der Waals surface area contributed by atoms with Gasteiger partial charge < -0.3 is 15.1 Å². The van der Waals surface area contributed by atoms with Crippen molar-refractivity contribution in [2.24, 2.45) is 0 Å². The molecule has 5 heteroatoms. The summed E-state index contributed by atoms with van der Waals surface area (Å²) < 4.78 is 6.29. The van der Waals surface area contributed by atoms with Crippen LogP contribution in [0.15, 0.2) is 114 Å². The van der Waals surface area contributed by atoms with E-state index in [9.17, 15) is 9.59 Å². The van der Waals surface area contributed by atoms with Crippen LogP contribution in [0.1, 0.15) is 37.4 Å². The maximum atomic E-state index is 13.9. The fourth-order valence-corrected chi connectivity index (χ4v) is 4.08. The van der Waals surface area contributed by atoms with Crippen LogP contribution in [0, 0.1) is 13.8 Å². The zero-order valence-electron chi connectivity index (χ0n) is 20.6. The number of carbonyl (C=O) groups is 2. The number of carbonyl (C=O) groups excluding carboxylic acids is 2. The van der Waals surface area contributed by atoms with E-state index in [1.54, 1.807) is 24.3 Å². The number of aryl methyl sites for hydroxylation is 2. The molecule has 0 bridgehead atoms. The summed E-state index contributed by atoms with van der Waals surface area (Å²) in [4.78, 5) is 27.7. The number of anilines is 3. The second-order valence-electron chi connectivity index (χ2n) is 8.88. The highest BCUT2D eigenvalue weighted by Gasteiger charge is 2.32. The molecule has 1 aromatic heterocycles. The van der Waals surface area contributed by atoms with E-state index >= 15 is 0 Å². The van der Waals surface area contributed by atoms with E-state index in [-0.39, 0.29) is 22.8 Å². The lowest BCUT2D eigenvalue weighted by atomic mass is 9.97. The van der Waals surface area contributed by atoms with Crippen LogP contribution in [0.4, 0.5) is 17.3 Å². The summed E-state index contributed by atoms with van der Waals surface area (Å²) >= 11 is 0. The third-order valence-corrected chi connectivity index (χ3v) is 6.05. The molecule has 0 aliphatic rings. The van der Waals surface area contributed by atoms with Crippen LogP contribution >= 0.6 is 0 Å². The minimum atomic E-state index is -0.428. The van der Waals surface area contributed by atoms with E-state index in [4.69, 9.17) is 4.42 Å². The highest BCUT2D eigenvalue weighted by Crippen LogP contribution is 2.38. The molecule has 0 saturated carbocycles. The van der Waals surface area contributed by atoms with Crippen LogP contribution in [0.5, 0.6) is 0 Å². The number of rotatable bonds is 7. The Labute approximate surface area is 215 Å². The van der Waals surface area contributed by atoms with E-state index in [0.717, 1.165) is 16.8 Å². The normalized spacial score (nSPS) is 10.6. The van der Waals surface area contributed by atoms with Gasteiger partial charge in [-0.25, -0.2) is 0 Å². The molecule has 5 nitrogen and oxygen atoms in total. The summed E-state index contributed by atoms with van der Waals surface area (Å²) in [5, 5.41) is 6.19. The molecule has 5 aromatic rings. The van der Waals surface area contributed by atoms with Gasteiger partial charge in [0.05, 0.1) is 11.1 Å². The fourth-order valence-electron chi connectivity index (χ4n) is 4.08. The molecule has 0 unspecified atom stereocenters. The van der Waals surface area contributed by atoms with Crippen molar-refractivity contribution in [3.63, 3.8) is 0 Å². The minimum absolute atomic E-state index is 0.176. The van der Waals surface area contributed by atoms with E-state index in [0.29, 0.717) is 22.6 Å². The molecule has 0 atom stereocenters. The number of furan rings is 1. The van der Waals surface area contributed by atoms with Crippen LogP contribution in [0.3, 0.4) is 0 Å². The fraction of sp³-hybridized carbons (Fsp3) is 0.0625. The molecule has 4 aromatic carbocycles. The van der Waals surface area contributed by atoms with Gasteiger partial charge in [0, 0.05) is 22.5 Å². The van der Waals surface area contributed by atoms with E-state index < -0.39 is 5.91 Å². The first-order valence-corrected chi connectivity index (χ1v) is 12.0. The Hall–Kier alpha value is -4.90. The Bertz CT molecular complexity index is 1540. The van der Waals surface area contributed by atoms with Crippen molar-refractivity contribution in [3.8, 4) is 11.3 Å². The predicted molar refractivity (Wildman–Crippen MR) is 148 cm³/mol. The first kappa shape index (κ1) is 23.8. The van der Waals surface area contributed by atoms with Gasteiger partial charge in [-0.2, -0.15) is 0 Å². The van der Waals surface area contributed by atoms with Crippen molar-refractivity contribution >= 4 is 28.9 Å². The molecule has 0 aliphatic carbocycles. The van der Waals surface area contributed by atoms with Gasteiger partial charge in [0.1, 0.15) is 5.76 Å². The molecule has 37 heavy (non-hydrogen) atoms. The molecule has 2 N–H and O–H groups in total. The highest BCUT2D eigenvalue weighted by molar-refractivity contribution is 6.22. The van der Waals surface area contributed by atoms with Gasteiger partial charge in [-0.05, 0) is 38.1 Å². The zero-order chi connectivity index (χ0) is 25.8. The van der Waals surface area contributed by atoms with Gasteiger partial charge in [0.25, 0.3) is 5.91 Å². The molecule has 182 valence electrons. The Morgan fingerprint density at radius 3 is 1.76 bits per heavy atom. The van der Waals surface area contributed by atoms with Gasteiger partial charge in [0.2, 0.25) is 5.88 Å². The van der Waals surface area contributed by atoms with Gasteiger partial charge in [-0.3, -0.25) is 9.59 Å². The number of hydrogen-bond acceptors (Lipinski definition) is 4. The van der Waals surface area contributed by atoms with Crippen molar-refractivity contribution < 1.29 is 14.0 Å². The maximum absolute atomic E-state index is 13.9. The Morgan fingerprint density at radius 1 is 0.622 bits per heavy atom. The molecule has 0 radical (unpaired) electrons. The SMILES string of the molecule is Cc1ccc(NC(=O)c2c(-c3ccccc3)oc(Nc3ccc(C)cc3)c2C(=O)c2ccccc2)cc1. The van der Waals surface area contributed by atoms with Gasteiger partial charge in [0.15, 0.2) is 5.78 Å². The Balaban J connectivity index is 1.69. The molecule has 1 amide bonds. The second-order valence-corrected chi connectivity index (χ2v) is 8.88. The van der Waals surface area contributed by atoms with Gasteiger partial charge >= 0.3 is 0 Å². The smallest absolute Gasteiger partial charge is 0.260 e. The number of ketones is 1. The average Bonchev–Trinajstić information content (AvgIpc) is 3.31. The monoisotopic (exact) mass is 486 g/mol. The molecular formula is C32H26N2O3. The average molecular weight is 487 g/mol. The molecule has 0 aliphatic heterocycles. The van der Waals surface area contributed by atoms with Crippen molar-refractivity contribution in [2.45, 2.75) is 13.8 Å². The summed E-state index contributed by atoms with van der Waals surface area (Å²) in [6.07, 6.45) is 0. The number of amides is 1. The zero-order valence-corrected chi connectivity index (χ0v) is 20.6. The number of hydrogen-bond donors (Lipinski definition) is 2. The largest absolute Gasteiger partial charge is 0.439 e. The summed E-state index contributed by atoms with van der Waals surface area (Å²) in [5.41, 5.74) is 5.05. The highest BCUT2D eigenvalue weighted by atomic mass is 16.4. The van der Waals surface area contributed by atoms with Crippen molar-refractivity contribution in [1.82, 2.24) is 0 Å². The molecule has 0 spiro atoms.